The van der Waals surface area contributed by atoms with E-state index < -0.39 is 0 Å². The molecule has 3 heteroatoms. The van der Waals surface area contributed by atoms with Crippen LogP contribution in [0.25, 0.3) is 0 Å². The number of nitrogens with zero attached hydrogens (tertiary/aromatic N) is 1. The lowest BCUT2D eigenvalue weighted by atomic mass is 10.0. The number of anilines is 1. The molecule has 0 radical (unpaired) electrons. The van der Waals surface area contributed by atoms with Crippen LogP contribution in [-0.2, 0) is 0 Å². The summed E-state index contributed by atoms with van der Waals surface area (Å²) < 4.78 is 0. The van der Waals surface area contributed by atoms with Crippen LogP contribution in [0.2, 0.25) is 0 Å². The summed E-state index contributed by atoms with van der Waals surface area (Å²) in [7, 11) is 3.98. The van der Waals surface area contributed by atoms with E-state index in [1.54, 1.807) is 0 Å². The lowest BCUT2D eigenvalue weighted by Gasteiger charge is -2.16. The number of rotatable bonds is 7. The average Bonchev–Trinajstić information content (AvgIpc) is 2.38. The summed E-state index contributed by atoms with van der Waals surface area (Å²) in [5.74, 6) is 0.754. The highest BCUT2D eigenvalue weighted by Gasteiger charge is 2.10. The molecular weight excluding hydrogens is 248 g/mol. The third kappa shape index (κ3) is 5.64. The first-order chi connectivity index (χ1) is 9.40. The van der Waals surface area contributed by atoms with Gasteiger partial charge in [0, 0.05) is 31.4 Å². The van der Waals surface area contributed by atoms with E-state index in [4.69, 9.17) is 0 Å². The molecule has 20 heavy (non-hydrogen) atoms. The van der Waals surface area contributed by atoms with E-state index in [0.29, 0.717) is 0 Å². The minimum atomic E-state index is 0.0207. The molecule has 1 aromatic rings. The van der Waals surface area contributed by atoms with Crippen LogP contribution in [0.3, 0.4) is 0 Å². The topological polar surface area (TPSA) is 32.3 Å². The van der Waals surface area contributed by atoms with E-state index >= 15 is 0 Å². The number of amides is 1. The number of nitrogens with one attached hydrogen (secondary N) is 1. The predicted octanol–water partition coefficient (Wildman–Crippen LogP) is 3.70. The molecule has 0 aliphatic rings. The van der Waals surface area contributed by atoms with Crippen molar-refractivity contribution in [3.05, 3.63) is 29.8 Å². The van der Waals surface area contributed by atoms with Gasteiger partial charge >= 0.3 is 0 Å². The Labute approximate surface area is 123 Å². The number of carbonyl (C=O) groups is 1. The lowest BCUT2D eigenvalue weighted by molar-refractivity contribution is 0.0938. The van der Waals surface area contributed by atoms with Gasteiger partial charge in [0.1, 0.15) is 0 Å². The van der Waals surface area contributed by atoms with Crippen molar-refractivity contribution in [2.45, 2.75) is 46.1 Å². The largest absolute Gasteiger partial charge is 0.378 e. The Balaban J connectivity index is 2.45. The van der Waals surface area contributed by atoms with Crippen molar-refractivity contribution in [3.63, 3.8) is 0 Å². The van der Waals surface area contributed by atoms with Crippen LogP contribution in [0.1, 0.15) is 50.4 Å². The van der Waals surface area contributed by atoms with Crippen LogP contribution in [0.4, 0.5) is 5.69 Å². The van der Waals surface area contributed by atoms with E-state index in [2.05, 4.69) is 26.1 Å². The molecule has 0 aliphatic carbocycles. The molecule has 1 unspecified atom stereocenters. The fourth-order valence-corrected chi connectivity index (χ4v) is 2.12. The first kappa shape index (κ1) is 16.5. The molecule has 1 rings (SSSR count). The monoisotopic (exact) mass is 276 g/mol. The molecule has 0 heterocycles. The molecule has 1 atom stereocenters. The highest BCUT2D eigenvalue weighted by Crippen LogP contribution is 2.13. The van der Waals surface area contributed by atoms with Crippen LogP contribution < -0.4 is 10.2 Å². The minimum Gasteiger partial charge on any atom is -0.378 e. The first-order valence-electron chi connectivity index (χ1n) is 7.48. The van der Waals surface area contributed by atoms with Gasteiger partial charge in [-0.1, -0.05) is 26.7 Å². The molecule has 1 aromatic carbocycles. The SMILES string of the molecule is CC(C)CCCC(C)NC(=O)c1ccc(N(C)C)cc1. The summed E-state index contributed by atoms with van der Waals surface area (Å²) >= 11 is 0. The maximum atomic E-state index is 12.1. The minimum absolute atomic E-state index is 0.0207. The molecule has 0 bridgehead atoms. The third-order valence-corrected chi connectivity index (χ3v) is 3.44. The van der Waals surface area contributed by atoms with E-state index in [1.165, 1.54) is 12.8 Å². The zero-order chi connectivity index (χ0) is 15.1. The Bertz CT molecular complexity index is 410. The molecule has 1 amide bonds. The molecular formula is C17H28N2O. The van der Waals surface area contributed by atoms with Crippen molar-refractivity contribution in [2.75, 3.05) is 19.0 Å². The van der Waals surface area contributed by atoms with E-state index in [-0.39, 0.29) is 11.9 Å². The summed E-state index contributed by atoms with van der Waals surface area (Å²) in [5.41, 5.74) is 1.83. The van der Waals surface area contributed by atoms with Gasteiger partial charge in [0.2, 0.25) is 0 Å². The average molecular weight is 276 g/mol. The molecule has 0 saturated heterocycles. The van der Waals surface area contributed by atoms with Gasteiger partial charge in [-0.05, 0) is 43.5 Å². The van der Waals surface area contributed by atoms with Gasteiger partial charge in [-0.3, -0.25) is 4.79 Å². The molecule has 0 fully saturated rings. The summed E-state index contributed by atoms with van der Waals surface area (Å²) in [5, 5.41) is 3.07. The van der Waals surface area contributed by atoms with Crippen molar-refractivity contribution in [3.8, 4) is 0 Å². The summed E-state index contributed by atoms with van der Waals surface area (Å²) in [6, 6.07) is 7.93. The normalized spacial score (nSPS) is 12.3. The predicted molar refractivity (Wildman–Crippen MR) is 86.4 cm³/mol. The molecule has 0 spiro atoms. The molecule has 0 saturated carbocycles. The maximum Gasteiger partial charge on any atom is 0.251 e. The van der Waals surface area contributed by atoms with Crippen molar-refractivity contribution in [1.29, 1.82) is 0 Å². The van der Waals surface area contributed by atoms with Gasteiger partial charge in [-0.15, -0.1) is 0 Å². The van der Waals surface area contributed by atoms with Crippen molar-refractivity contribution in [1.82, 2.24) is 5.32 Å². The second-order valence-electron chi connectivity index (χ2n) is 6.14. The van der Waals surface area contributed by atoms with Crippen LogP contribution in [0, 0.1) is 5.92 Å². The standard InChI is InChI=1S/C17H28N2O/c1-13(2)7-6-8-14(3)18-17(20)15-9-11-16(12-10-15)19(4)5/h9-14H,6-8H2,1-5H3,(H,18,20). The quantitative estimate of drug-likeness (QED) is 0.823. The van der Waals surface area contributed by atoms with E-state index in [9.17, 15) is 4.79 Å². The van der Waals surface area contributed by atoms with E-state index in [1.807, 2.05) is 43.3 Å². The second-order valence-corrected chi connectivity index (χ2v) is 6.14. The second kappa shape index (κ2) is 7.93. The fraction of sp³-hybridized carbons (Fsp3) is 0.588. The Morgan fingerprint density at radius 3 is 2.20 bits per heavy atom. The number of benzene rings is 1. The van der Waals surface area contributed by atoms with Gasteiger partial charge in [0.05, 0.1) is 0 Å². The summed E-state index contributed by atoms with van der Waals surface area (Å²) in [4.78, 5) is 14.1. The van der Waals surface area contributed by atoms with Crippen molar-refractivity contribution < 1.29 is 4.79 Å². The smallest absolute Gasteiger partial charge is 0.251 e. The highest BCUT2D eigenvalue weighted by atomic mass is 16.1. The molecule has 3 nitrogen and oxygen atoms in total. The Kier molecular flexibility index (Phi) is 6.56. The summed E-state index contributed by atoms with van der Waals surface area (Å²) in [6.07, 6.45) is 3.43. The lowest BCUT2D eigenvalue weighted by Crippen LogP contribution is -2.32. The molecule has 112 valence electrons. The number of carbonyl (C=O) groups excluding carboxylic acids is 1. The maximum absolute atomic E-state index is 12.1. The van der Waals surface area contributed by atoms with Crippen LogP contribution >= 0.6 is 0 Å². The Hall–Kier alpha value is -1.51. The Morgan fingerprint density at radius 2 is 1.70 bits per heavy atom. The van der Waals surface area contributed by atoms with Gasteiger partial charge in [-0.25, -0.2) is 0 Å². The third-order valence-electron chi connectivity index (χ3n) is 3.44. The van der Waals surface area contributed by atoms with Gasteiger partial charge in [0.25, 0.3) is 5.91 Å². The zero-order valence-electron chi connectivity index (χ0n) is 13.4. The van der Waals surface area contributed by atoms with Crippen LogP contribution in [0.5, 0.6) is 0 Å². The van der Waals surface area contributed by atoms with Gasteiger partial charge in [-0.2, -0.15) is 0 Å². The summed E-state index contributed by atoms with van der Waals surface area (Å²) in [6.45, 7) is 6.54. The zero-order valence-corrected chi connectivity index (χ0v) is 13.4. The Morgan fingerprint density at radius 1 is 1.10 bits per heavy atom. The van der Waals surface area contributed by atoms with E-state index in [0.717, 1.165) is 23.6 Å². The molecule has 0 aromatic heterocycles. The number of hydrogen-bond donors (Lipinski definition) is 1. The number of hydrogen-bond acceptors (Lipinski definition) is 2. The highest BCUT2D eigenvalue weighted by molar-refractivity contribution is 5.94. The van der Waals surface area contributed by atoms with Crippen molar-refractivity contribution in [2.24, 2.45) is 5.92 Å². The van der Waals surface area contributed by atoms with Gasteiger partial charge in [0.15, 0.2) is 0 Å². The van der Waals surface area contributed by atoms with Crippen molar-refractivity contribution >= 4 is 11.6 Å². The fourth-order valence-electron chi connectivity index (χ4n) is 2.12. The van der Waals surface area contributed by atoms with Crippen LogP contribution in [0.15, 0.2) is 24.3 Å². The van der Waals surface area contributed by atoms with Crippen LogP contribution in [-0.4, -0.2) is 26.0 Å². The molecule has 0 aliphatic heterocycles. The first-order valence-corrected chi connectivity index (χ1v) is 7.48. The van der Waals surface area contributed by atoms with Gasteiger partial charge < -0.3 is 10.2 Å². The molecule has 1 N–H and O–H groups in total.